The largest absolute Gasteiger partial charge is 0.318 e. The Labute approximate surface area is 107 Å². The molecule has 0 spiro atoms. The van der Waals surface area contributed by atoms with Gasteiger partial charge in [-0.05, 0) is 47.0 Å². The molecule has 0 aliphatic carbocycles. The van der Waals surface area contributed by atoms with E-state index in [-0.39, 0.29) is 11.7 Å². The minimum Gasteiger partial charge on any atom is -0.318 e. The van der Waals surface area contributed by atoms with Gasteiger partial charge in [0, 0.05) is 4.47 Å². The molecule has 0 aliphatic rings. The first-order chi connectivity index (χ1) is 8.08. The van der Waals surface area contributed by atoms with Crippen molar-refractivity contribution in [1.29, 1.82) is 0 Å². The second-order valence-corrected chi connectivity index (χ2v) is 4.58. The lowest BCUT2D eigenvalue weighted by molar-refractivity contribution is 0.101. The molecule has 1 aromatic carbocycles. The average Bonchev–Trinajstić information content (AvgIpc) is 2.76. The second kappa shape index (κ2) is 4.67. The van der Waals surface area contributed by atoms with Crippen molar-refractivity contribution in [3.8, 4) is 0 Å². The molecule has 88 valence electrons. The molecule has 6 heteroatoms. The summed E-state index contributed by atoms with van der Waals surface area (Å²) in [6.45, 7) is 3.94. The second-order valence-electron chi connectivity index (χ2n) is 3.73. The van der Waals surface area contributed by atoms with Gasteiger partial charge in [0.25, 0.3) is 5.91 Å². The number of benzene rings is 1. The maximum absolute atomic E-state index is 11.8. The van der Waals surface area contributed by atoms with Crippen molar-refractivity contribution in [2.24, 2.45) is 0 Å². The number of hydrogen-bond acceptors (Lipinski definition) is 3. The quantitative estimate of drug-likeness (QED) is 0.894. The summed E-state index contributed by atoms with van der Waals surface area (Å²) in [7, 11) is 0. The molecule has 0 bridgehead atoms. The first-order valence-electron chi connectivity index (χ1n) is 5.01. The number of anilines is 1. The zero-order valence-electron chi connectivity index (χ0n) is 9.41. The number of carbonyl (C=O) groups is 1. The SMILES string of the molecule is Cc1cc(C)c(NC(=O)c2ncn[nH]2)c(Br)c1. The molecule has 0 aliphatic heterocycles. The smallest absolute Gasteiger partial charge is 0.293 e. The number of amides is 1. The van der Waals surface area contributed by atoms with Gasteiger partial charge in [-0.2, -0.15) is 5.10 Å². The van der Waals surface area contributed by atoms with E-state index in [4.69, 9.17) is 0 Å². The van der Waals surface area contributed by atoms with E-state index in [1.165, 1.54) is 6.33 Å². The van der Waals surface area contributed by atoms with Crippen LogP contribution in [0.15, 0.2) is 22.9 Å². The molecule has 1 amide bonds. The summed E-state index contributed by atoms with van der Waals surface area (Å²) in [6.07, 6.45) is 1.30. The highest BCUT2D eigenvalue weighted by Crippen LogP contribution is 2.27. The van der Waals surface area contributed by atoms with Crippen LogP contribution in [0.2, 0.25) is 0 Å². The van der Waals surface area contributed by atoms with Crippen LogP contribution in [0.4, 0.5) is 5.69 Å². The standard InChI is InChI=1S/C11H11BrN4O/c1-6-3-7(2)9(8(12)4-6)15-11(17)10-13-5-14-16-10/h3-5H,1-2H3,(H,15,17)(H,13,14,16). The van der Waals surface area contributed by atoms with Crippen LogP contribution < -0.4 is 5.32 Å². The van der Waals surface area contributed by atoms with Crippen LogP contribution in [0.5, 0.6) is 0 Å². The van der Waals surface area contributed by atoms with Gasteiger partial charge in [-0.3, -0.25) is 9.89 Å². The molecule has 0 saturated heterocycles. The summed E-state index contributed by atoms with van der Waals surface area (Å²) in [5, 5.41) is 8.94. The Morgan fingerprint density at radius 3 is 2.76 bits per heavy atom. The fraction of sp³-hybridized carbons (Fsp3) is 0.182. The zero-order valence-corrected chi connectivity index (χ0v) is 11.0. The summed E-state index contributed by atoms with van der Waals surface area (Å²) in [5.74, 6) is -0.118. The van der Waals surface area contributed by atoms with E-state index in [0.717, 1.165) is 21.3 Å². The van der Waals surface area contributed by atoms with Gasteiger partial charge < -0.3 is 5.32 Å². The van der Waals surface area contributed by atoms with E-state index in [1.807, 2.05) is 26.0 Å². The van der Waals surface area contributed by atoms with Crippen molar-refractivity contribution in [1.82, 2.24) is 15.2 Å². The van der Waals surface area contributed by atoms with Gasteiger partial charge in [-0.25, -0.2) is 4.98 Å². The first-order valence-corrected chi connectivity index (χ1v) is 5.80. The Kier molecular flexibility index (Phi) is 3.23. The lowest BCUT2D eigenvalue weighted by Gasteiger charge is -2.10. The molecule has 0 fully saturated rings. The van der Waals surface area contributed by atoms with Crippen LogP contribution in [-0.4, -0.2) is 21.1 Å². The van der Waals surface area contributed by atoms with E-state index >= 15 is 0 Å². The molecule has 2 aromatic rings. The molecule has 5 nitrogen and oxygen atoms in total. The van der Waals surface area contributed by atoms with E-state index in [1.54, 1.807) is 0 Å². The van der Waals surface area contributed by atoms with Gasteiger partial charge in [0.05, 0.1) is 5.69 Å². The molecule has 0 saturated carbocycles. The van der Waals surface area contributed by atoms with E-state index in [9.17, 15) is 4.79 Å². The Balaban J connectivity index is 2.28. The maximum atomic E-state index is 11.8. The van der Waals surface area contributed by atoms with Crippen LogP contribution in [0.3, 0.4) is 0 Å². The van der Waals surface area contributed by atoms with Crippen molar-refractivity contribution in [3.63, 3.8) is 0 Å². The monoisotopic (exact) mass is 294 g/mol. The summed E-state index contributed by atoms with van der Waals surface area (Å²) in [4.78, 5) is 15.6. The lowest BCUT2D eigenvalue weighted by Crippen LogP contribution is -2.15. The molecule has 0 atom stereocenters. The van der Waals surface area contributed by atoms with Crippen molar-refractivity contribution in [2.75, 3.05) is 5.32 Å². The molecule has 1 heterocycles. The molecular weight excluding hydrogens is 284 g/mol. The highest BCUT2D eigenvalue weighted by atomic mass is 79.9. The first kappa shape index (κ1) is 11.8. The fourth-order valence-corrected chi connectivity index (χ4v) is 2.33. The number of hydrogen-bond donors (Lipinski definition) is 2. The fourth-order valence-electron chi connectivity index (χ4n) is 1.56. The van der Waals surface area contributed by atoms with Gasteiger partial charge in [-0.15, -0.1) is 0 Å². The van der Waals surface area contributed by atoms with Crippen LogP contribution in [0, 0.1) is 13.8 Å². The normalized spacial score (nSPS) is 10.3. The zero-order chi connectivity index (χ0) is 12.4. The number of H-pyrrole nitrogens is 1. The summed E-state index contributed by atoms with van der Waals surface area (Å²) in [6, 6.07) is 3.95. The lowest BCUT2D eigenvalue weighted by atomic mass is 10.1. The predicted molar refractivity (Wildman–Crippen MR) is 68.0 cm³/mol. The molecule has 2 rings (SSSR count). The van der Waals surface area contributed by atoms with Crippen LogP contribution in [0.25, 0.3) is 0 Å². The third kappa shape index (κ3) is 2.52. The highest BCUT2D eigenvalue weighted by Gasteiger charge is 2.12. The number of aromatic amines is 1. The predicted octanol–water partition coefficient (Wildman–Crippen LogP) is 2.44. The Bertz CT molecular complexity index is 528. The van der Waals surface area contributed by atoms with Crippen molar-refractivity contribution in [2.45, 2.75) is 13.8 Å². The molecule has 0 radical (unpaired) electrons. The van der Waals surface area contributed by atoms with E-state index < -0.39 is 0 Å². The number of nitrogens with one attached hydrogen (secondary N) is 2. The Morgan fingerprint density at radius 1 is 1.41 bits per heavy atom. The Morgan fingerprint density at radius 2 is 2.18 bits per heavy atom. The van der Waals surface area contributed by atoms with Crippen molar-refractivity contribution >= 4 is 27.5 Å². The highest BCUT2D eigenvalue weighted by molar-refractivity contribution is 9.10. The van der Waals surface area contributed by atoms with Gasteiger partial charge in [0.1, 0.15) is 6.33 Å². The molecule has 0 unspecified atom stereocenters. The topological polar surface area (TPSA) is 70.7 Å². The third-order valence-electron chi connectivity index (χ3n) is 2.30. The number of carbonyl (C=O) groups excluding carboxylic acids is 1. The third-order valence-corrected chi connectivity index (χ3v) is 2.93. The summed E-state index contributed by atoms with van der Waals surface area (Å²) >= 11 is 3.43. The van der Waals surface area contributed by atoms with Gasteiger partial charge >= 0.3 is 0 Å². The molecule has 1 aromatic heterocycles. The summed E-state index contributed by atoms with van der Waals surface area (Å²) < 4.78 is 0.850. The number of nitrogens with zero attached hydrogens (tertiary/aromatic N) is 2. The molecule has 2 N–H and O–H groups in total. The number of aryl methyl sites for hydroxylation is 2. The van der Waals surface area contributed by atoms with Crippen molar-refractivity contribution in [3.05, 3.63) is 39.9 Å². The van der Waals surface area contributed by atoms with Gasteiger partial charge in [0.2, 0.25) is 5.82 Å². The average molecular weight is 295 g/mol. The van der Waals surface area contributed by atoms with Gasteiger partial charge in [0.15, 0.2) is 0 Å². The number of rotatable bonds is 2. The minimum absolute atomic E-state index is 0.192. The minimum atomic E-state index is -0.310. The number of halogens is 1. The van der Waals surface area contributed by atoms with Crippen LogP contribution in [0.1, 0.15) is 21.7 Å². The van der Waals surface area contributed by atoms with Gasteiger partial charge in [-0.1, -0.05) is 6.07 Å². The summed E-state index contributed by atoms with van der Waals surface area (Å²) in [5.41, 5.74) is 2.87. The Hall–Kier alpha value is -1.69. The van der Waals surface area contributed by atoms with Crippen molar-refractivity contribution < 1.29 is 4.79 Å². The van der Waals surface area contributed by atoms with E-state index in [0.29, 0.717) is 0 Å². The molecular formula is C11H11BrN4O. The van der Waals surface area contributed by atoms with Crippen LogP contribution >= 0.6 is 15.9 Å². The van der Waals surface area contributed by atoms with Crippen LogP contribution in [-0.2, 0) is 0 Å². The number of aromatic nitrogens is 3. The van der Waals surface area contributed by atoms with E-state index in [2.05, 4.69) is 36.4 Å². The molecule has 17 heavy (non-hydrogen) atoms. The maximum Gasteiger partial charge on any atom is 0.293 e.